The van der Waals surface area contributed by atoms with Crippen LogP contribution in [0.4, 0.5) is 0 Å². The lowest BCUT2D eigenvalue weighted by Gasteiger charge is -1.88. The molecule has 10 heavy (non-hydrogen) atoms. The van der Waals surface area contributed by atoms with Crippen LogP contribution in [0, 0.1) is 0 Å². The highest BCUT2D eigenvalue weighted by Gasteiger charge is 1.94. The maximum Gasteiger partial charge on any atom is 0.178 e. The summed E-state index contributed by atoms with van der Waals surface area (Å²) in [5, 5.41) is 0. The molecule has 1 aromatic rings. The van der Waals surface area contributed by atoms with Crippen molar-refractivity contribution in [1.29, 1.82) is 0 Å². The van der Waals surface area contributed by atoms with Crippen LogP contribution in [0.1, 0.15) is 17.4 Å². The Kier molecular flexibility index (Phi) is 3.65. The van der Waals surface area contributed by atoms with Crippen LogP contribution < -0.4 is 0 Å². The van der Waals surface area contributed by atoms with E-state index >= 15 is 0 Å². The number of carbonyl (C=O) groups is 1. The first-order chi connectivity index (χ1) is 4.30. The standard InChI is InChI=1S/C7H7NO.ClH/c1-6(9)7-4-2-3-5-8-7;/h2-5H,1H3;1H. The Morgan fingerprint density at radius 1 is 1.50 bits per heavy atom. The minimum absolute atomic E-state index is 0. The van der Waals surface area contributed by atoms with Crippen LogP contribution in [0.15, 0.2) is 24.4 Å². The summed E-state index contributed by atoms with van der Waals surface area (Å²) in [4.78, 5) is 14.4. The summed E-state index contributed by atoms with van der Waals surface area (Å²) in [7, 11) is 0. The Labute approximate surface area is 65.7 Å². The normalized spacial score (nSPS) is 8.10. The van der Waals surface area contributed by atoms with Gasteiger partial charge in [0.05, 0.1) is 0 Å². The van der Waals surface area contributed by atoms with Crippen molar-refractivity contribution in [1.82, 2.24) is 4.98 Å². The van der Waals surface area contributed by atoms with Crippen LogP contribution in [0.2, 0.25) is 0 Å². The topological polar surface area (TPSA) is 30.0 Å². The summed E-state index contributed by atoms with van der Waals surface area (Å²) in [6.45, 7) is 1.50. The number of rotatable bonds is 1. The molecule has 0 amide bonds. The zero-order chi connectivity index (χ0) is 6.69. The third-order valence-corrected chi connectivity index (χ3v) is 1.03. The van der Waals surface area contributed by atoms with Crippen molar-refractivity contribution in [2.45, 2.75) is 6.92 Å². The third-order valence-electron chi connectivity index (χ3n) is 1.03. The van der Waals surface area contributed by atoms with Crippen molar-refractivity contribution in [3.05, 3.63) is 30.1 Å². The van der Waals surface area contributed by atoms with E-state index in [1.54, 1.807) is 24.4 Å². The van der Waals surface area contributed by atoms with E-state index in [1.807, 2.05) is 0 Å². The molecule has 0 saturated carbocycles. The molecule has 1 rings (SSSR count). The smallest absolute Gasteiger partial charge is 0.178 e. The summed E-state index contributed by atoms with van der Waals surface area (Å²) in [6.07, 6.45) is 1.61. The number of nitrogens with zero attached hydrogens (tertiary/aromatic N) is 1. The molecule has 0 unspecified atom stereocenters. The van der Waals surface area contributed by atoms with Crippen LogP contribution in [0.5, 0.6) is 0 Å². The quantitative estimate of drug-likeness (QED) is 0.581. The first-order valence-corrected chi connectivity index (χ1v) is 2.72. The predicted octanol–water partition coefficient (Wildman–Crippen LogP) is 1.71. The molecule has 0 bridgehead atoms. The summed E-state index contributed by atoms with van der Waals surface area (Å²) >= 11 is 0. The molecule has 0 fully saturated rings. The largest absolute Gasteiger partial charge is 0.293 e. The van der Waals surface area contributed by atoms with E-state index in [-0.39, 0.29) is 18.2 Å². The van der Waals surface area contributed by atoms with Crippen molar-refractivity contribution in [2.75, 3.05) is 0 Å². The molecule has 0 saturated heterocycles. The van der Waals surface area contributed by atoms with Crippen molar-refractivity contribution >= 4 is 18.2 Å². The number of aromatic nitrogens is 1. The number of halogens is 1. The molecule has 0 aliphatic rings. The molecule has 1 aromatic heterocycles. The van der Waals surface area contributed by atoms with Gasteiger partial charge in [0.25, 0.3) is 0 Å². The monoisotopic (exact) mass is 157 g/mol. The second-order valence-corrected chi connectivity index (χ2v) is 1.77. The summed E-state index contributed by atoms with van der Waals surface area (Å²) < 4.78 is 0. The molecule has 2 nitrogen and oxygen atoms in total. The molecule has 3 heteroatoms. The maximum atomic E-state index is 10.6. The van der Waals surface area contributed by atoms with Gasteiger partial charge in [0, 0.05) is 13.1 Å². The van der Waals surface area contributed by atoms with Crippen molar-refractivity contribution in [3.63, 3.8) is 0 Å². The maximum absolute atomic E-state index is 10.6. The van der Waals surface area contributed by atoms with E-state index in [1.165, 1.54) is 6.92 Å². The fourth-order valence-electron chi connectivity index (χ4n) is 0.571. The van der Waals surface area contributed by atoms with Gasteiger partial charge in [0.1, 0.15) is 5.69 Å². The summed E-state index contributed by atoms with van der Waals surface area (Å²) in [6, 6.07) is 5.28. The second-order valence-electron chi connectivity index (χ2n) is 1.77. The average molecular weight is 158 g/mol. The molecule has 0 atom stereocenters. The van der Waals surface area contributed by atoms with E-state index in [4.69, 9.17) is 0 Å². The van der Waals surface area contributed by atoms with Crippen LogP contribution in [-0.2, 0) is 0 Å². The van der Waals surface area contributed by atoms with Crippen molar-refractivity contribution < 1.29 is 4.79 Å². The van der Waals surface area contributed by atoms with Gasteiger partial charge in [-0.15, -0.1) is 12.4 Å². The lowest BCUT2D eigenvalue weighted by Crippen LogP contribution is -1.93. The van der Waals surface area contributed by atoms with Gasteiger partial charge >= 0.3 is 0 Å². The molecule has 0 aromatic carbocycles. The first kappa shape index (κ1) is 9.11. The first-order valence-electron chi connectivity index (χ1n) is 2.72. The van der Waals surface area contributed by atoms with Crippen LogP contribution in [0.3, 0.4) is 0 Å². The van der Waals surface area contributed by atoms with Gasteiger partial charge in [-0.1, -0.05) is 6.07 Å². The molecule has 54 valence electrons. The van der Waals surface area contributed by atoms with Gasteiger partial charge in [0.15, 0.2) is 5.78 Å². The Balaban J connectivity index is 0.000000810. The highest BCUT2D eigenvalue weighted by Crippen LogP contribution is 1.92. The van der Waals surface area contributed by atoms with Crippen LogP contribution >= 0.6 is 12.4 Å². The highest BCUT2D eigenvalue weighted by molar-refractivity contribution is 5.91. The molecule has 0 aliphatic heterocycles. The predicted molar refractivity (Wildman–Crippen MR) is 41.5 cm³/mol. The second kappa shape index (κ2) is 4.01. The fraction of sp³-hybridized carbons (Fsp3) is 0.143. The zero-order valence-corrected chi connectivity index (χ0v) is 6.39. The van der Waals surface area contributed by atoms with Gasteiger partial charge in [-0.3, -0.25) is 9.78 Å². The number of carbonyl (C=O) groups excluding carboxylic acids is 1. The van der Waals surface area contributed by atoms with E-state index in [0.717, 1.165) is 0 Å². The Bertz CT molecular complexity index is 210. The van der Waals surface area contributed by atoms with Crippen molar-refractivity contribution in [3.8, 4) is 0 Å². The van der Waals surface area contributed by atoms with Crippen LogP contribution in [-0.4, -0.2) is 10.8 Å². The van der Waals surface area contributed by atoms with Gasteiger partial charge in [-0.05, 0) is 12.1 Å². The molecule has 0 spiro atoms. The van der Waals surface area contributed by atoms with E-state index in [2.05, 4.69) is 4.98 Å². The molecule has 1 heterocycles. The highest BCUT2D eigenvalue weighted by atomic mass is 35.5. The minimum Gasteiger partial charge on any atom is -0.293 e. The Morgan fingerprint density at radius 3 is 2.50 bits per heavy atom. The zero-order valence-electron chi connectivity index (χ0n) is 5.57. The summed E-state index contributed by atoms with van der Waals surface area (Å²) in [5.41, 5.74) is 0.525. The van der Waals surface area contributed by atoms with E-state index in [0.29, 0.717) is 5.69 Å². The molecule has 0 aliphatic carbocycles. The molecular weight excluding hydrogens is 150 g/mol. The number of pyridine rings is 1. The fourth-order valence-corrected chi connectivity index (χ4v) is 0.571. The SMILES string of the molecule is CC(=O)c1ccccn1.Cl. The molecule has 0 radical (unpaired) electrons. The lowest BCUT2D eigenvalue weighted by molar-refractivity contribution is 0.101. The van der Waals surface area contributed by atoms with E-state index in [9.17, 15) is 4.79 Å². The average Bonchev–Trinajstić information content (AvgIpc) is 1.90. The Morgan fingerprint density at radius 2 is 2.20 bits per heavy atom. The Hall–Kier alpha value is -0.890. The molecule has 0 N–H and O–H groups in total. The van der Waals surface area contributed by atoms with E-state index < -0.39 is 0 Å². The van der Waals surface area contributed by atoms with Gasteiger partial charge in [0.2, 0.25) is 0 Å². The number of Topliss-reactive ketones (excluding diaryl/α,β-unsaturated/α-hetero) is 1. The van der Waals surface area contributed by atoms with Crippen LogP contribution in [0.25, 0.3) is 0 Å². The van der Waals surface area contributed by atoms with Gasteiger partial charge in [-0.25, -0.2) is 0 Å². The number of hydrogen-bond acceptors (Lipinski definition) is 2. The minimum atomic E-state index is 0. The number of hydrogen-bond donors (Lipinski definition) is 0. The van der Waals surface area contributed by atoms with Crippen molar-refractivity contribution in [2.24, 2.45) is 0 Å². The van der Waals surface area contributed by atoms with Gasteiger partial charge < -0.3 is 0 Å². The summed E-state index contributed by atoms with van der Waals surface area (Å²) in [5.74, 6) is 0.00981. The number of ketones is 1. The lowest BCUT2D eigenvalue weighted by atomic mass is 10.3. The van der Waals surface area contributed by atoms with Gasteiger partial charge in [-0.2, -0.15) is 0 Å². The molecular formula is C7H8ClNO. The third kappa shape index (κ3) is 2.15.